The van der Waals surface area contributed by atoms with Gasteiger partial charge in [0.15, 0.2) is 0 Å². The summed E-state index contributed by atoms with van der Waals surface area (Å²) in [6, 6.07) is 12.0. The Morgan fingerprint density at radius 2 is 1.63 bits per heavy atom. The van der Waals surface area contributed by atoms with Gasteiger partial charge in [-0.25, -0.2) is 4.79 Å². The number of hydrogen-bond acceptors (Lipinski definition) is 6. The maximum atomic E-state index is 14.9. The van der Waals surface area contributed by atoms with Crippen molar-refractivity contribution in [2.24, 2.45) is 34.8 Å². The largest absolute Gasteiger partial charge is 0.508 e. The predicted molar refractivity (Wildman–Crippen MR) is 190 cm³/mol. The molecule has 0 aromatic heterocycles. The Hall–Kier alpha value is -4.41. The highest BCUT2D eigenvalue weighted by Gasteiger charge is 2.70. The lowest BCUT2D eigenvalue weighted by Gasteiger charge is -2.40. The molecule has 5 atom stereocenters. The number of carbonyl (C=O) groups excluding carboxylic acids is 5. The van der Waals surface area contributed by atoms with Gasteiger partial charge in [-0.15, -0.1) is 0 Å². The molecule has 0 radical (unpaired) electrons. The minimum Gasteiger partial charge on any atom is -0.508 e. The quantitative estimate of drug-likeness (QED) is 0.213. The minimum atomic E-state index is -1.08. The van der Waals surface area contributed by atoms with Crippen molar-refractivity contribution in [1.29, 1.82) is 0 Å². The third-order valence-corrected chi connectivity index (χ3v) is 12.7. The number of primary amides is 1. The molecule has 2 aromatic rings. The van der Waals surface area contributed by atoms with E-state index >= 15 is 0 Å². The van der Waals surface area contributed by atoms with Gasteiger partial charge in [-0.05, 0) is 96.4 Å². The van der Waals surface area contributed by atoms with E-state index in [4.69, 9.17) is 5.73 Å². The summed E-state index contributed by atoms with van der Waals surface area (Å²) in [6.45, 7) is 4.55. The van der Waals surface area contributed by atoms with E-state index in [1.165, 1.54) is 0 Å². The first kappa shape index (κ1) is 35.0. The lowest BCUT2D eigenvalue weighted by atomic mass is 9.77. The summed E-state index contributed by atoms with van der Waals surface area (Å²) in [4.78, 5) is 69.4. The van der Waals surface area contributed by atoms with Crippen molar-refractivity contribution in [2.45, 2.75) is 108 Å². The van der Waals surface area contributed by atoms with E-state index in [0.29, 0.717) is 32.2 Å². The van der Waals surface area contributed by atoms with Crippen LogP contribution in [0.3, 0.4) is 0 Å². The molecule has 5 aliphatic rings. The van der Waals surface area contributed by atoms with Gasteiger partial charge in [-0.2, -0.15) is 0 Å². The van der Waals surface area contributed by atoms with Crippen molar-refractivity contribution in [2.75, 3.05) is 6.54 Å². The molecular weight excluding hydrogens is 646 g/mol. The number of nitrogens with one attached hydrogen (secondary N) is 3. The van der Waals surface area contributed by atoms with E-state index in [9.17, 15) is 29.1 Å². The topological polar surface area (TPSA) is 171 Å². The molecule has 7 rings (SSSR count). The highest BCUT2D eigenvalue weighted by Crippen LogP contribution is 2.65. The number of rotatable bonds is 12. The second-order valence-electron chi connectivity index (χ2n) is 16.6. The molecule has 11 nitrogen and oxygen atoms in total. The van der Waals surface area contributed by atoms with Gasteiger partial charge in [0.2, 0.25) is 17.6 Å². The molecule has 3 saturated carbocycles. The summed E-state index contributed by atoms with van der Waals surface area (Å²) < 4.78 is 0. The fraction of sp³-hybridized carbons (Fsp3) is 0.575. The molecule has 11 heteroatoms. The molecule has 2 aromatic carbocycles. The maximum absolute atomic E-state index is 14.9. The molecule has 1 saturated heterocycles. The van der Waals surface area contributed by atoms with Gasteiger partial charge in [-0.1, -0.05) is 82.3 Å². The van der Waals surface area contributed by atoms with Crippen molar-refractivity contribution in [3.63, 3.8) is 0 Å². The molecule has 6 N–H and O–H groups in total. The van der Waals surface area contributed by atoms with E-state index in [1.807, 2.05) is 18.2 Å². The highest BCUT2D eigenvalue weighted by atomic mass is 16.3. The molecule has 1 heterocycles. The van der Waals surface area contributed by atoms with E-state index < -0.39 is 47.3 Å². The van der Waals surface area contributed by atoms with E-state index in [-0.39, 0.29) is 40.7 Å². The molecule has 272 valence electrons. The monoisotopic (exact) mass is 697 g/mol. The minimum absolute atomic E-state index is 0.0916. The summed E-state index contributed by atoms with van der Waals surface area (Å²) in [6.07, 6.45) is 8.55. The summed E-state index contributed by atoms with van der Waals surface area (Å²) in [5.41, 5.74) is 7.87. The van der Waals surface area contributed by atoms with E-state index in [1.54, 1.807) is 23.1 Å². The summed E-state index contributed by atoms with van der Waals surface area (Å²) in [7, 11) is 0. The number of ketones is 1. The Kier molecular flexibility index (Phi) is 9.35. The van der Waals surface area contributed by atoms with Crippen LogP contribution in [0.5, 0.6) is 5.75 Å². The van der Waals surface area contributed by atoms with Gasteiger partial charge in [0.1, 0.15) is 17.8 Å². The lowest BCUT2D eigenvalue weighted by molar-refractivity contribution is -0.144. The van der Waals surface area contributed by atoms with Crippen LogP contribution >= 0.6 is 0 Å². The van der Waals surface area contributed by atoms with E-state index in [2.05, 4.69) is 41.9 Å². The average Bonchev–Trinajstić information content (AvgIpc) is 3.84. The fourth-order valence-corrected chi connectivity index (χ4v) is 9.60. The Morgan fingerprint density at radius 3 is 2.25 bits per heavy atom. The third-order valence-electron chi connectivity index (χ3n) is 12.7. The van der Waals surface area contributed by atoms with Gasteiger partial charge in [-0.3, -0.25) is 19.2 Å². The number of piperidine rings is 1. The van der Waals surface area contributed by atoms with Crippen molar-refractivity contribution >= 4 is 29.5 Å². The summed E-state index contributed by atoms with van der Waals surface area (Å²) >= 11 is 0. The first-order valence-corrected chi connectivity index (χ1v) is 18.7. The molecule has 4 fully saturated rings. The zero-order valence-corrected chi connectivity index (χ0v) is 29.7. The molecule has 1 unspecified atom stereocenters. The number of Topliss-reactive ketones (excluding diaryl/α,β-unsaturated/α-hetero) is 1. The smallest absolute Gasteiger partial charge is 0.315 e. The average molecular weight is 698 g/mol. The van der Waals surface area contributed by atoms with Crippen molar-refractivity contribution < 1.29 is 29.1 Å². The number of urea groups is 1. The van der Waals surface area contributed by atoms with Crippen LogP contribution in [0.25, 0.3) is 0 Å². The Labute approximate surface area is 299 Å². The number of benzene rings is 2. The highest BCUT2D eigenvalue weighted by molar-refractivity contribution is 6.37. The van der Waals surface area contributed by atoms with Crippen LogP contribution in [0.15, 0.2) is 48.5 Å². The first-order chi connectivity index (χ1) is 24.3. The lowest BCUT2D eigenvalue weighted by Crippen LogP contribution is -2.62. The summed E-state index contributed by atoms with van der Waals surface area (Å²) in [5, 5.41) is 19.4. The zero-order chi connectivity index (χ0) is 36.1. The van der Waals surface area contributed by atoms with Gasteiger partial charge in [0, 0.05) is 12.1 Å². The van der Waals surface area contributed by atoms with Gasteiger partial charge in [0.05, 0.1) is 6.04 Å². The molecule has 5 amide bonds. The van der Waals surface area contributed by atoms with Crippen molar-refractivity contribution in [1.82, 2.24) is 20.9 Å². The van der Waals surface area contributed by atoms with Gasteiger partial charge in [0.25, 0.3) is 5.91 Å². The molecule has 0 bridgehead atoms. The van der Waals surface area contributed by atoms with Crippen molar-refractivity contribution in [3.8, 4) is 5.75 Å². The molecular formula is C40H51N5O6. The molecule has 4 aliphatic carbocycles. The molecule has 51 heavy (non-hydrogen) atoms. The van der Waals surface area contributed by atoms with Crippen LogP contribution in [-0.4, -0.2) is 69.8 Å². The number of fused-ring (bicyclic) bond motifs is 2. The molecule has 1 aliphatic heterocycles. The number of nitrogens with zero attached hydrogens (tertiary/aromatic N) is 1. The summed E-state index contributed by atoms with van der Waals surface area (Å²) in [5.74, 6) is -2.48. The maximum Gasteiger partial charge on any atom is 0.315 e. The Balaban J connectivity index is 1.14. The number of aromatic hydroxyl groups is 1. The van der Waals surface area contributed by atoms with Crippen molar-refractivity contribution in [3.05, 3.63) is 65.2 Å². The van der Waals surface area contributed by atoms with Crippen LogP contribution in [0, 0.1) is 29.1 Å². The zero-order valence-electron chi connectivity index (χ0n) is 29.7. The number of nitrogens with two attached hydrogens (primary N) is 1. The van der Waals surface area contributed by atoms with Gasteiger partial charge < -0.3 is 31.7 Å². The third kappa shape index (κ3) is 7.21. The van der Waals surface area contributed by atoms with Crippen LogP contribution in [0.2, 0.25) is 0 Å². The predicted octanol–water partition coefficient (Wildman–Crippen LogP) is 3.54. The number of amides is 5. The second-order valence-corrected chi connectivity index (χ2v) is 16.6. The number of phenols is 1. The van der Waals surface area contributed by atoms with Crippen LogP contribution in [-0.2, 0) is 38.4 Å². The first-order valence-electron chi connectivity index (χ1n) is 18.7. The SMILES string of the molecule is CC1(C)[C@@H]2[C@@H](C(=O)NC(CC3CC3)C(=O)C(N)=O)N(C(=O)[C@@H](NC(=O)NC3(Cc4cccc(O)c4)CCCCC3)C3Cc4ccccc4C3)C[C@@H]21. The number of hydrogen-bond donors (Lipinski definition) is 5. The number of phenolic OH excluding ortho intramolecular Hbond substituents is 1. The van der Waals surface area contributed by atoms with Gasteiger partial charge >= 0.3 is 6.03 Å². The Morgan fingerprint density at radius 1 is 0.941 bits per heavy atom. The van der Waals surface area contributed by atoms with Crippen LogP contribution in [0.1, 0.15) is 81.9 Å². The fourth-order valence-electron chi connectivity index (χ4n) is 9.60. The molecule has 0 spiro atoms. The Bertz CT molecular complexity index is 1690. The van der Waals surface area contributed by atoms with Crippen LogP contribution < -0.4 is 21.7 Å². The van der Waals surface area contributed by atoms with E-state index in [0.717, 1.165) is 61.6 Å². The second kappa shape index (κ2) is 13.6. The number of likely N-dealkylation sites (tertiary alicyclic amines) is 1. The standard InChI is InChI=1S/C40H51N5O6/c1-39(2)29-22-45(33(31(29)39)36(49)42-30(18-23-13-14-23)34(47)35(41)48)37(50)32(27-19-25-10-4-5-11-26(25)20-27)43-38(51)44-40(15-6-3-7-16-40)21-24-9-8-12-28(46)17-24/h4-5,8-12,17,23,27,29-33,46H,3,6-7,13-16,18-22H2,1-2H3,(H2,41,48)(H,42,49)(H2,43,44,51)/t29-,30?,31-,32-,33-/m0/s1. The normalized spacial score (nSPS) is 25.5. The van der Waals surface area contributed by atoms with Crippen LogP contribution in [0.4, 0.5) is 4.79 Å². The number of carbonyl (C=O) groups is 5.